The van der Waals surface area contributed by atoms with Gasteiger partial charge in [-0.3, -0.25) is 4.79 Å². The molecule has 2 N–H and O–H groups in total. The van der Waals surface area contributed by atoms with Crippen molar-refractivity contribution in [1.29, 1.82) is 0 Å². The number of thiophene rings is 1. The fraction of sp³-hybridized carbons (Fsp3) is 0.538. The van der Waals surface area contributed by atoms with Crippen molar-refractivity contribution in [2.45, 2.75) is 19.8 Å². The van der Waals surface area contributed by atoms with E-state index in [1.54, 1.807) is 23.2 Å². The molecular formula is C13H17BrN2O3S. The standard InChI is InChI=1S/C13H17BrN2O3S/c1-13(11(17)18)5-7-16(8-13)12(19)15-6-4-9-2-3-10(14)20-9/h2-3H,4-8H2,1H3,(H,15,19)(H,17,18). The summed E-state index contributed by atoms with van der Waals surface area (Å²) in [6.07, 6.45) is 1.29. The summed E-state index contributed by atoms with van der Waals surface area (Å²) < 4.78 is 1.08. The van der Waals surface area contributed by atoms with E-state index >= 15 is 0 Å². The van der Waals surface area contributed by atoms with Crippen molar-refractivity contribution < 1.29 is 14.7 Å². The van der Waals surface area contributed by atoms with Gasteiger partial charge in [0.25, 0.3) is 0 Å². The summed E-state index contributed by atoms with van der Waals surface area (Å²) in [5.41, 5.74) is -0.810. The van der Waals surface area contributed by atoms with Gasteiger partial charge in [0.1, 0.15) is 0 Å². The number of carbonyl (C=O) groups excluding carboxylic acids is 1. The van der Waals surface area contributed by atoms with E-state index in [4.69, 9.17) is 5.11 Å². The van der Waals surface area contributed by atoms with Crippen LogP contribution in [0, 0.1) is 5.41 Å². The lowest BCUT2D eigenvalue weighted by Crippen LogP contribution is -2.41. The number of carboxylic acid groups (broad SMARTS) is 1. The number of hydrogen-bond donors (Lipinski definition) is 2. The van der Waals surface area contributed by atoms with Crippen LogP contribution in [-0.4, -0.2) is 41.6 Å². The van der Waals surface area contributed by atoms with Gasteiger partial charge < -0.3 is 15.3 Å². The molecule has 1 atom stereocenters. The van der Waals surface area contributed by atoms with Crippen LogP contribution in [0.4, 0.5) is 4.79 Å². The van der Waals surface area contributed by atoms with Crippen LogP contribution >= 0.6 is 27.3 Å². The van der Waals surface area contributed by atoms with Crippen molar-refractivity contribution in [2.75, 3.05) is 19.6 Å². The molecule has 1 aliphatic rings. The summed E-state index contributed by atoms with van der Waals surface area (Å²) in [5, 5.41) is 12.0. The highest BCUT2D eigenvalue weighted by Gasteiger charge is 2.42. The summed E-state index contributed by atoms with van der Waals surface area (Å²) in [6, 6.07) is 3.84. The lowest BCUT2D eigenvalue weighted by atomic mass is 9.90. The van der Waals surface area contributed by atoms with Crippen LogP contribution in [0.25, 0.3) is 0 Å². The molecule has 0 radical (unpaired) electrons. The third kappa shape index (κ3) is 3.52. The minimum absolute atomic E-state index is 0.175. The molecular weight excluding hydrogens is 344 g/mol. The highest BCUT2D eigenvalue weighted by molar-refractivity contribution is 9.11. The number of nitrogens with zero attached hydrogens (tertiary/aromatic N) is 1. The average molecular weight is 361 g/mol. The van der Waals surface area contributed by atoms with E-state index in [0.717, 1.165) is 10.2 Å². The monoisotopic (exact) mass is 360 g/mol. The molecule has 5 nitrogen and oxygen atoms in total. The number of urea groups is 1. The molecule has 110 valence electrons. The van der Waals surface area contributed by atoms with Crippen molar-refractivity contribution >= 4 is 39.3 Å². The van der Waals surface area contributed by atoms with Gasteiger partial charge in [-0.1, -0.05) is 0 Å². The van der Waals surface area contributed by atoms with Gasteiger partial charge in [0.2, 0.25) is 0 Å². The van der Waals surface area contributed by atoms with Crippen molar-refractivity contribution in [1.82, 2.24) is 10.2 Å². The lowest BCUT2D eigenvalue weighted by molar-refractivity contribution is -0.146. The molecule has 0 spiro atoms. The molecule has 0 aliphatic carbocycles. The van der Waals surface area contributed by atoms with Crippen LogP contribution < -0.4 is 5.32 Å². The van der Waals surface area contributed by atoms with Gasteiger partial charge in [-0.2, -0.15) is 0 Å². The number of hydrogen-bond acceptors (Lipinski definition) is 3. The van der Waals surface area contributed by atoms with Crippen LogP contribution in [0.3, 0.4) is 0 Å². The minimum atomic E-state index is -0.837. The van der Waals surface area contributed by atoms with E-state index < -0.39 is 11.4 Å². The highest BCUT2D eigenvalue weighted by Crippen LogP contribution is 2.30. The predicted molar refractivity (Wildman–Crippen MR) is 81.1 cm³/mol. The minimum Gasteiger partial charge on any atom is -0.481 e. The lowest BCUT2D eigenvalue weighted by Gasteiger charge is -2.20. The summed E-state index contributed by atoms with van der Waals surface area (Å²) in [6.45, 7) is 3.02. The second kappa shape index (κ2) is 6.13. The Morgan fingerprint density at radius 3 is 2.85 bits per heavy atom. The molecule has 0 saturated carbocycles. The summed E-state index contributed by atoms with van der Waals surface area (Å²) in [7, 11) is 0. The maximum absolute atomic E-state index is 12.0. The van der Waals surface area contributed by atoms with E-state index in [-0.39, 0.29) is 12.6 Å². The Kier molecular flexibility index (Phi) is 4.70. The smallest absolute Gasteiger partial charge is 0.317 e. The first-order chi connectivity index (χ1) is 9.40. The number of carboxylic acids is 1. The van der Waals surface area contributed by atoms with Gasteiger partial charge >= 0.3 is 12.0 Å². The first-order valence-electron chi connectivity index (χ1n) is 6.41. The van der Waals surface area contributed by atoms with Crippen LogP contribution in [0.15, 0.2) is 15.9 Å². The van der Waals surface area contributed by atoms with E-state index in [2.05, 4.69) is 21.2 Å². The largest absolute Gasteiger partial charge is 0.481 e. The highest BCUT2D eigenvalue weighted by atomic mass is 79.9. The Morgan fingerprint density at radius 2 is 2.30 bits per heavy atom. The molecule has 7 heteroatoms. The molecule has 2 heterocycles. The van der Waals surface area contributed by atoms with Gasteiger partial charge in [0.15, 0.2) is 0 Å². The maximum atomic E-state index is 12.0. The van der Waals surface area contributed by atoms with Gasteiger partial charge in [0, 0.05) is 24.5 Å². The fourth-order valence-electron chi connectivity index (χ4n) is 2.20. The SMILES string of the molecule is CC1(C(=O)O)CCN(C(=O)NCCc2ccc(Br)s2)C1. The van der Waals surface area contributed by atoms with Gasteiger partial charge in [-0.05, 0) is 47.8 Å². The molecule has 1 saturated heterocycles. The molecule has 20 heavy (non-hydrogen) atoms. The van der Waals surface area contributed by atoms with Crippen LogP contribution in [0.2, 0.25) is 0 Å². The third-order valence-electron chi connectivity index (χ3n) is 3.55. The normalized spacial score (nSPS) is 22.0. The Bertz CT molecular complexity index is 519. The number of halogens is 1. The van der Waals surface area contributed by atoms with Crippen molar-refractivity contribution in [3.8, 4) is 0 Å². The summed E-state index contributed by atoms with van der Waals surface area (Å²) >= 11 is 5.05. The Labute approximate surface area is 130 Å². The first-order valence-corrected chi connectivity index (χ1v) is 8.02. The topological polar surface area (TPSA) is 69.6 Å². The number of aliphatic carboxylic acids is 1. The molecule has 1 aromatic rings. The number of carbonyl (C=O) groups is 2. The van der Waals surface area contributed by atoms with Gasteiger partial charge in [0.05, 0.1) is 9.20 Å². The molecule has 1 aromatic heterocycles. The molecule has 0 bridgehead atoms. The zero-order valence-electron chi connectivity index (χ0n) is 11.2. The molecule has 0 aromatic carbocycles. The number of amides is 2. The van der Waals surface area contributed by atoms with Crippen molar-refractivity contribution in [3.63, 3.8) is 0 Å². The fourth-order valence-corrected chi connectivity index (χ4v) is 3.68. The van der Waals surface area contributed by atoms with Crippen molar-refractivity contribution in [3.05, 3.63) is 20.8 Å². The Balaban J connectivity index is 1.77. The summed E-state index contributed by atoms with van der Waals surface area (Å²) in [4.78, 5) is 25.9. The third-order valence-corrected chi connectivity index (χ3v) is 5.24. The molecule has 1 unspecified atom stereocenters. The zero-order valence-corrected chi connectivity index (χ0v) is 13.6. The van der Waals surface area contributed by atoms with Crippen LogP contribution in [-0.2, 0) is 11.2 Å². The molecule has 2 rings (SSSR count). The summed E-state index contributed by atoms with van der Waals surface area (Å²) in [5.74, 6) is -0.837. The van der Waals surface area contributed by atoms with Crippen LogP contribution in [0.5, 0.6) is 0 Å². The molecule has 1 fully saturated rings. The quantitative estimate of drug-likeness (QED) is 0.866. The van der Waals surface area contributed by atoms with Crippen LogP contribution in [0.1, 0.15) is 18.2 Å². The Hall–Kier alpha value is -1.08. The maximum Gasteiger partial charge on any atom is 0.317 e. The van der Waals surface area contributed by atoms with Gasteiger partial charge in [-0.15, -0.1) is 11.3 Å². The molecule has 2 amide bonds. The average Bonchev–Trinajstić information content (AvgIpc) is 2.97. The van der Waals surface area contributed by atoms with Gasteiger partial charge in [-0.25, -0.2) is 4.79 Å². The van der Waals surface area contributed by atoms with E-state index in [9.17, 15) is 9.59 Å². The predicted octanol–water partition coefficient (Wildman–Crippen LogP) is 2.56. The number of nitrogens with one attached hydrogen (secondary N) is 1. The second-order valence-corrected chi connectivity index (χ2v) is 7.77. The number of rotatable bonds is 4. The number of likely N-dealkylation sites (tertiary alicyclic amines) is 1. The van der Waals surface area contributed by atoms with Crippen molar-refractivity contribution in [2.24, 2.45) is 5.41 Å². The van der Waals surface area contributed by atoms with E-state index in [1.807, 2.05) is 12.1 Å². The first kappa shape index (κ1) is 15.3. The molecule has 1 aliphatic heterocycles. The van der Waals surface area contributed by atoms with E-state index in [1.165, 1.54) is 4.88 Å². The second-order valence-electron chi connectivity index (χ2n) is 5.23. The van der Waals surface area contributed by atoms with E-state index in [0.29, 0.717) is 19.5 Å². The zero-order chi connectivity index (χ0) is 14.8. The Morgan fingerprint density at radius 1 is 1.55 bits per heavy atom.